The van der Waals surface area contributed by atoms with Gasteiger partial charge in [0, 0.05) is 0 Å². The highest BCUT2D eigenvalue weighted by Crippen LogP contribution is 2.33. The molecule has 0 aliphatic carbocycles. The third-order valence-corrected chi connectivity index (χ3v) is 4.18. The van der Waals surface area contributed by atoms with Crippen molar-refractivity contribution in [3.8, 4) is 12.3 Å². The summed E-state index contributed by atoms with van der Waals surface area (Å²) in [5, 5.41) is 0. The topological polar surface area (TPSA) is 57.5 Å². The smallest absolute Gasteiger partial charge is 0.328 e. The molecule has 2 aromatic rings. The number of benzene rings is 1. The molecule has 0 spiro atoms. The van der Waals surface area contributed by atoms with Crippen LogP contribution in [0.15, 0.2) is 29.1 Å². The quantitative estimate of drug-likeness (QED) is 0.339. The fourth-order valence-electron chi connectivity index (χ4n) is 1.77. The van der Waals surface area contributed by atoms with Gasteiger partial charge < -0.3 is 9.47 Å². The number of carbonyl (C=O) groups is 1. The van der Waals surface area contributed by atoms with Crippen molar-refractivity contribution < 1.29 is 14.3 Å². The molecule has 0 amide bonds. The van der Waals surface area contributed by atoms with Crippen LogP contribution in [-0.2, 0) is 20.8 Å². The highest BCUT2D eigenvalue weighted by atomic mass is 35.6. The number of halogens is 3. The molecule has 0 radical (unpaired) electrons. The molecule has 1 aromatic heterocycles. The van der Waals surface area contributed by atoms with Gasteiger partial charge in [0.15, 0.2) is 0 Å². The van der Waals surface area contributed by atoms with E-state index in [0.717, 1.165) is 16.0 Å². The van der Waals surface area contributed by atoms with Crippen LogP contribution < -0.4 is 4.87 Å². The zero-order chi connectivity index (χ0) is 17.0. The molecule has 2 rings (SSSR count). The summed E-state index contributed by atoms with van der Waals surface area (Å²) in [7, 11) is 0. The summed E-state index contributed by atoms with van der Waals surface area (Å²) in [5.41, 5.74) is 0.620. The van der Waals surface area contributed by atoms with Crippen LogP contribution in [0.3, 0.4) is 0 Å². The minimum atomic E-state index is -2.01. The molecule has 0 N–H and O–H groups in total. The predicted molar refractivity (Wildman–Crippen MR) is 91.0 cm³/mol. The summed E-state index contributed by atoms with van der Waals surface area (Å²) in [5.74, 6) is 1.39. The normalized spacial score (nSPS) is 12.8. The predicted octanol–water partition coefficient (Wildman–Crippen LogP) is 2.95. The number of ether oxygens (including phenoxy) is 2. The van der Waals surface area contributed by atoms with Crippen LogP contribution in [-0.4, -0.2) is 27.2 Å². The van der Waals surface area contributed by atoms with Gasteiger partial charge in [0.05, 0.1) is 10.2 Å². The van der Waals surface area contributed by atoms with Crippen LogP contribution >= 0.6 is 46.1 Å². The first kappa shape index (κ1) is 18.1. The number of alkyl halides is 3. The molecule has 5 nitrogen and oxygen atoms in total. The lowest BCUT2D eigenvalue weighted by molar-refractivity contribution is -0.175. The molecule has 1 heterocycles. The number of hydrogen-bond acceptors (Lipinski definition) is 5. The number of rotatable bonds is 5. The molecule has 0 saturated heterocycles. The van der Waals surface area contributed by atoms with Crippen molar-refractivity contribution in [2.24, 2.45) is 0 Å². The number of thiazole rings is 1. The molecular formula is C14H10Cl3NO4S. The Bertz CT molecular complexity index is 803. The fourth-order valence-corrected chi connectivity index (χ4v) is 2.98. The second-order valence-corrected chi connectivity index (χ2v) is 7.66. The average molecular weight is 395 g/mol. The lowest BCUT2D eigenvalue weighted by Gasteiger charge is -2.23. The zero-order valence-electron chi connectivity index (χ0n) is 11.5. The maximum atomic E-state index is 12.0. The monoisotopic (exact) mass is 393 g/mol. The third-order valence-electron chi connectivity index (χ3n) is 2.68. The first-order valence-corrected chi connectivity index (χ1v) is 8.17. The van der Waals surface area contributed by atoms with Crippen molar-refractivity contribution in [1.82, 2.24) is 4.57 Å². The first-order valence-electron chi connectivity index (χ1n) is 6.22. The number of hydrogen-bond donors (Lipinski definition) is 0. The highest BCUT2D eigenvalue weighted by Gasteiger charge is 2.37. The largest absolute Gasteiger partial charge is 0.430 e. The summed E-state index contributed by atoms with van der Waals surface area (Å²) in [4.78, 5) is 23.7. The van der Waals surface area contributed by atoms with E-state index in [1.54, 1.807) is 24.3 Å². The number of carbonyl (C=O) groups excluding carboxylic acids is 1. The molecule has 23 heavy (non-hydrogen) atoms. The molecule has 1 atom stereocenters. The average Bonchev–Trinajstić information content (AvgIpc) is 2.78. The Kier molecular flexibility index (Phi) is 5.95. The van der Waals surface area contributed by atoms with Crippen molar-refractivity contribution in [3.05, 3.63) is 33.9 Å². The molecule has 122 valence electrons. The first-order chi connectivity index (χ1) is 10.8. The minimum absolute atomic E-state index is 0.201. The van der Waals surface area contributed by atoms with E-state index in [0.29, 0.717) is 5.52 Å². The Hall–Kier alpha value is -1.23. The van der Waals surface area contributed by atoms with E-state index in [2.05, 4.69) is 5.92 Å². The summed E-state index contributed by atoms with van der Waals surface area (Å²) >= 11 is 18.1. The van der Waals surface area contributed by atoms with Crippen LogP contribution in [0.1, 0.15) is 0 Å². The van der Waals surface area contributed by atoms with E-state index in [9.17, 15) is 9.59 Å². The fraction of sp³-hybridized carbons (Fsp3) is 0.286. The van der Waals surface area contributed by atoms with Crippen LogP contribution in [0, 0.1) is 12.3 Å². The Morgan fingerprint density at radius 3 is 2.74 bits per heavy atom. The van der Waals surface area contributed by atoms with Crippen molar-refractivity contribution >= 4 is 62.3 Å². The van der Waals surface area contributed by atoms with Gasteiger partial charge in [-0.15, -0.1) is 6.42 Å². The molecule has 1 unspecified atom stereocenters. The van der Waals surface area contributed by atoms with E-state index < -0.39 is 16.1 Å². The summed E-state index contributed by atoms with van der Waals surface area (Å²) in [6.45, 7) is -0.535. The molecular weight excluding hydrogens is 385 g/mol. The number of para-hydroxylation sites is 1. The van der Waals surface area contributed by atoms with E-state index in [4.69, 9.17) is 50.7 Å². The van der Waals surface area contributed by atoms with Crippen LogP contribution in [0.5, 0.6) is 0 Å². The van der Waals surface area contributed by atoms with Gasteiger partial charge in [0.1, 0.15) is 13.2 Å². The van der Waals surface area contributed by atoms with Gasteiger partial charge >= 0.3 is 10.8 Å². The number of terminal acetylenes is 1. The van der Waals surface area contributed by atoms with Crippen molar-refractivity contribution in [3.63, 3.8) is 0 Å². The lowest BCUT2D eigenvalue weighted by atomic mass is 10.3. The molecule has 0 saturated carbocycles. The van der Waals surface area contributed by atoms with Gasteiger partial charge in [0.25, 0.3) is 10.1 Å². The number of esters is 1. The number of fused-ring (bicyclic) bond motifs is 1. The van der Waals surface area contributed by atoms with Crippen LogP contribution in [0.2, 0.25) is 0 Å². The zero-order valence-corrected chi connectivity index (χ0v) is 14.6. The minimum Gasteiger partial charge on any atom is -0.430 e. The standard InChI is InChI=1S/C14H10Cl3NO4S/c1-2-7-21-12(14(15,16)17)22-11(19)8-18-9-5-3-4-6-10(9)23-13(18)20/h1,3-6,12H,7-8H2. The maximum Gasteiger partial charge on any atom is 0.328 e. The van der Waals surface area contributed by atoms with Gasteiger partial charge in [0.2, 0.25) is 0 Å². The molecule has 1 aromatic carbocycles. The van der Waals surface area contributed by atoms with Crippen molar-refractivity contribution in [2.75, 3.05) is 6.61 Å². The Balaban J connectivity index is 2.16. The summed E-state index contributed by atoms with van der Waals surface area (Å²) in [6.07, 6.45) is 3.58. The van der Waals surface area contributed by atoms with Gasteiger partial charge in [-0.05, 0) is 12.1 Å². The van der Waals surface area contributed by atoms with Gasteiger partial charge in [-0.3, -0.25) is 14.2 Å². The molecule has 0 aliphatic heterocycles. The third kappa shape index (κ3) is 4.63. The number of nitrogens with zero attached hydrogens (tertiary/aromatic N) is 1. The van der Waals surface area contributed by atoms with E-state index in [-0.39, 0.29) is 18.0 Å². The maximum absolute atomic E-state index is 12.0. The Morgan fingerprint density at radius 1 is 1.39 bits per heavy atom. The molecule has 0 bridgehead atoms. The summed E-state index contributed by atoms with van der Waals surface area (Å²) < 4.78 is 10.0. The van der Waals surface area contributed by atoms with Gasteiger partial charge in [-0.2, -0.15) is 0 Å². The molecule has 0 aliphatic rings. The van der Waals surface area contributed by atoms with Crippen LogP contribution in [0.25, 0.3) is 10.2 Å². The van der Waals surface area contributed by atoms with E-state index in [1.807, 2.05) is 0 Å². The highest BCUT2D eigenvalue weighted by molar-refractivity contribution is 7.16. The number of aromatic nitrogens is 1. The van der Waals surface area contributed by atoms with Crippen LogP contribution in [0.4, 0.5) is 0 Å². The van der Waals surface area contributed by atoms with E-state index >= 15 is 0 Å². The van der Waals surface area contributed by atoms with E-state index in [1.165, 1.54) is 4.57 Å². The van der Waals surface area contributed by atoms with Gasteiger partial charge in [-0.25, -0.2) is 0 Å². The van der Waals surface area contributed by atoms with Crippen molar-refractivity contribution in [2.45, 2.75) is 16.6 Å². The van der Waals surface area contributed by atoms with Crippen molar-refractivity contribution in [1.29, 1.82) is 0 Å². The lowest BCUT2D eigenvalue weighted by Crippen LogP contribution is -2.35. The Morgan fingerprint density at radius 2 is 2.09 bits per heavy atom. The van der Waals surface area contributed by atoms with Gasteiger partial charge in [-0.1, -0.05) is 64.2 Å². The Labute approximate surface area is 150 Å². The SMILES string of the molecule is C#CCOC(OC(=O)Cn1c(=O)sc2ccccc21)C(Cl)(Cl)Cl. The summed E-state index contributed by atoms with van der Waals surface area (Å²) in [6, 6.07) is 7.06. The second-order valence-electron chi connectivity index (χ2n) is 4.30. The molecule has 9 heteroatoms. The second kappa shape index (κ2) is 7.56. The molecule has 0 fully saturated rings.